The minimum absolute atomic E-state index is 0.0552. The Balaban J connectivity index is 1.64. The number of carbonyl (C=O) groups excluding carboxylic acids is 2. The number of carbonyl (C=O) groups is 2. The van der Waals surface area contributed by atoms with Gasteiger partial charge in [0, 0.05) is 26.2 Å². The Labute approximate surface area is 160 Å². The summed E-state index contributed by atoms with van der Waals surface area (Å²) < 4.78 is -0.981. The summed E-state index contributed by atoms with van der Waals surface area (Å²) in [5, 5.41) is 0.598. The van der Waals surface area contributed by atoms with Gasteiger partial charge in [-0.1, -0.05) is 29.3 Å². The maximum atomic E-state index is 12.6. The molecule has 0 N–H and O–H groups in total. The molecule has 1 heterocycles. The molecule has 0 bridgehead atoms. The van der Waals surface area contributed by atoms with E-state index in [9.17, 15) is 9.59 Å². The first-order valence-corrected chi connectivity index (χ1v) is 9.09. The van der Waals surface area contributed by atoms with Gasteiger partial charge in [0.15, 0.2) is 0 Å². The number of piperazine rings is 1. The van der Waals surface area contributed by atoms with Crippen LogP contribution in [0.2, 0.25) is 10.0 Å². The van der Waals surface area contributed by atoms with Gasteiger partial charge < -0.3 is 9.80 Å². The highest BCUT2D eigenvalue weighted by molar-refractivity contribution is 6.53. The molecule has 1 aromatic carbocycles. The van der Waals surface area contributed by atoms with Gasteiger partial charge in [-0.05, 0) is 25.5 Å². The molecule has 24 heavy (non-hydrogen) atoms. The monoisotopic (exact) mass is 408 g/mol. The van der Waals surface area contributed by atoms with Gasteiger partial charge in [-0.3, -0.25) is 9.59 Å². The van der Waals surface area contributed by atoms with Crippen LogP contribution in [0.25, 0.3) is 0 Å². The average molecular weight is 410 g/mol. The second-order valence-corrected chi connectivity index (χ2v) is 8.67. The quantitative estimate of drug-likeness (QED) is 0.695. The third-order valence-electron chi connectivity index (χ3n) is 4.77. The number of amides is 2. The number of benzene rings is 1. The van der Waals surface area contributed by atoms with Crippen LogP contribution >= 0.6 is 46.4 Å². The largest absolute Gasteiger partial charge is 0.339 e. The lowest BCUT2D eigenvalue weighted by atomic mass is 10.1. The Morgan fingerprint density at radius 2 is 1.58 bits per heavy atom. The van der Waals surface area contributed by atoms with E-state index in [1.807, 2.05) is 0 Å². The van der Waals surface area contributed by atoms with E-state index in [1.165, 1.54) is 0 Å². The van der Waals surface area contributed by atoms with Gasteiger partial charge in [-0.15, -0.1) is 23.2 Å². The second kappa shape index (κ2) is 6.24. The highest BCUT2D eigenvalue weighted by atomic mass is 35.5. The van der Waals surface area contributed by atoms with E-state index in [1.54, 1.807) is 34.9 Å². The van der Waals surface area contributed by atoms with Gasteiger partial charge in [0.1, 0.15) is 4.33 Å². The van der Waals surface area contributed by atoms with Crippen molar-refractivity contribution in [3.63, 3.8) is 0 Å². The molecule has 2 aliphatic rings. The van der Waals surface area contributed by atoms with Crippen LogP contribution in [-0.4, -0.2) is 52.1 Å². The molecule has 2 fully saturated rings. The fourth-order valence-corrected chi connectivity index (χ4v) is 4.01. The summed E-state index contributed by atoms with van der Waals surface area (Å²) in [6.07, 6.45) is 0.458. The maximum Gasteiger partial charge on any atom is 0.255 e. The standard InChI is InChI=1S/C16H16Cl4N2O2/c1-15(9-16(15,19)20)14(24)22-7-5-21(6-8-22)13(23)10-3-2-4-11(17)12(10)18/h2-4H,5-9H2,1H3/t15-/m1/s1. The maximum absolute atomic E-state index is 12.6. The summed E-state index contributed by atoms with van der Waals surface area (Å²) in [7, 11) is 0. The van der Waals surface area contributed by atoms with Gasteiger partial charge in [-0.25, -0.2) is 0 Å². The summed E-state index contributed by atoms with van der Waals surface area (Å²) in [6, 6.07) is 4.97. The zero-order valence-corrected chi connectivity index (χ0v) is 16.0. The fourth-order valence-electron chi connectivity index (χ4n) is 2.93. The summed E-state index contributed by atoms with van der Waals surface area (Å²) in [5.41, 5.74) is -0.350. The van der Waals surface area contributed by atoms with Gasteiger partial charge in [0.2, 0.25) is 5.91 Å². The lowest BCUT2D eigenvalue weighted by Crippen LogP contribution is -2.52. The predicted octanol–water partition coefficient (Wildman–Crippen LogP) is 3.86. The SMILES string of the molecule is C[C@]1(C(=O)N2CCN(C(=O)c3cccc(Cl)c3Cl)CC2)CC1(Cl)Cl. The smallest absolute Gasteiger partial charge is 0.255 e. The van der Waals surface area contributed by atoms with Crippen molar-refractivity contribution in [1.29, 1.82) is 0 Å². The highest BCUT2D eigenvalue weighted by Gasteiger charge is 2.68. The minimum atomic E-state index is -0.981. The Kier molecular flexibility index (Phi) is 4.71. The molecule has 4 nitrogen and oxygen atoms in total. The number of halogens is 4. The van der Waals surface area contributed by atoms with Crippen LogP contribution in [0.4, 0.5) is 0 Å². The first kappa shape index (κ1) is 18.1. The summed E-state index contributed by atoms with van der Waals surface area (Å²) in [6.45, 7) is 3.53. The molecular formula is C16H16Cl4N2O2. The molecule has 1 aliphatic carbocycles. The first-order chi connectivity index (χ1) is 11.2. The van der Waals surface area contributed by atoms with Crippen molar-refractivity contribution < 1.29 is 9.59 Å². The van der Waals surface area contributed by atoms with Crippen LogP contribution in [0.1, 0.15) is 23.7 Å². The van der Waals surface area contributed by atoms with Crippen molar-refractivity contribution in [3.8, 4) is 0 Å². The zero-order chi connectivity index (χ0) is 17.7. The average Bonchev–Trinajstić information content (AvgIpc) is 3.08. The van der Waals surface area contributed by atoms with Gasteiger partial charge in [0.05, 0.1) is 21.0 Å². The lowest BCUT2D eigenvalue weighted by molar-refractivity contribution is -0.137. The topological polar surface area (TPSA) is 40.6 Å². The lowest BCUT2D eigenvalue weighted by Gasteiger charge is -2.36. The first-order valence-electron chi connectivity index (χ1n) is 7.58. The zero-order valence-electron chi connectivity index (χ0n) is 13.0. The Bertz CT molecular complexity index is 701. The van der Waals surface area contributed by atoms with Gasteiger partial charge in [-0.2, -0.15) is 0 Å². The third-order valence-corrected chi connectivity index (χ3v) is 6.69. The number of nitrogens with zero attached hydrogens (tertiary/aromatic N) is 2. The summed E-state index contributed by atoms with van der Waals surface area (Å²) in [4.78, 5) is 28.5. The molecule has 2 amide bonds. The minimum Gasteiger partial charge on any atom is -0.339 e. The molecule has 1 saturated carbocycles. The number of rotatable bonds is 2. The highest BCUT2D eigenvalue weighted by Crippen LogP contribution is 2.64. The molecule has 8 heteroatoms. The molecule has 0 radical (unpaired) electrons. The summed E-state index contributed by atoms with van der Waals surface area (Å²) in [5.74, 6) is -0.239. The number of alkyl halides is 2. The van der Waals surface area contributed by atoms with Crippen LogP contribution in [0.15, 0.2) is 18.2 Å². The van der Waals surface area contributed by atoms with E-state index in [-0.39, 0.29) is 16.8 Å². The van der Waals surface area contributed by atoms with Crippen molar-refractivity contribution in [2.24, 2.45) is 5.41 Å². The Hall–Kier alpha value is -0.680. The molecule has 1 aromatic rings. The molecule has 3 rings (SSSR count). The van der Waals surface area contributed by atoms with E-state index in [0.717, 1.165) is 0 Å². The normalized spacial score (nSPS) is 25.5. The molecule has 0 spiro atoms. The van der Waals surface area contributed by atoms with Gasteiger partial charge >= 0.3 is 0 Å². The number of hydrogen-bond donors (Lipinski definition) is 0. The second-order valence-electron chi connectivity index (χ2n) is 6.40. The van der Waals surface area contributed by atoms with Crippen LogP contribution in [0, 0.1) is 5.41 Å². The molecule has 130 valence electrons. The van der Waals surface area contributed by atoms with E-state index in [2.05, 4.69) is 0 Å². The van der Waals surface area contributed by atoms with Crippen LogP contribution in [0.5, 0.6) is 0 Å². The van der Waals surface area contributed by atoms with Crippen molar-refractivity contribution >= 4 is 58.2 Å². The van der Waals surface area contributed by atoms with Crippen molar-refractivity contribution in [1.82, 2.24) is 9.80 Å². The van der Waals surface area contributed by atoms with Crippen molar-refractivity contribution in [2.75, 3.05) is 26.2 Å². The van der Waals surface area contributed by atoms with Crippen LogP contribution < -0.4 is 0 Å². The van der Waals surface area contributed by atoms with E-state index in [4.69, 9.17) is 46.4 Å². The summed E-state index contributed by atoms with van der Waals surface area (Å²) >= 11 is 24.2. The van der Waals surface area contributed by atoms with E-state index >= 15 is 0 Å². The fraction of sp³-hybridized carbons (Fsp3) is 0.500. The molecular weight excluding hydrogens is 394 g/mol. The van der Waals surface area contributed by atoms with E-state index in [0.29, 0.717) is 43.2 Å². The Morgan fingerprint density at radius 1 is 1.04 bits per heavy atom. The predicted molar refractivity (Wildman–Crippen MR) is 96.1 cm³/mol. The third kappa shape index (κ3) is 2.98. The molecule has 1 saturated heterocycles. The van der Waals surface area contributed by atoms with Gasteiger partial charge in [0.25, 0.3) is 5.91 Å². The van der Waals surface area contributed by atoms with Crippen LogP contribution in [0.3, 0.4) is 0 Å². The number of hydrogen-bond acceptors (Lipinski definition) is 2. The van der Waals surface area contributed by atoms with Crippen LogP contribution in [-0.2, 0) is 4.79 Å². The van der Waals surface area contributed by atoms with Crippen molar-refractivity contribution in [3.05, 3.63) is 33.8 Å². The molecule has 0 unspecified atom stereocenters. The Morgan fingerprint density at radius 3 is 2.12 bits per heavy atom. The van der Waals surface area contributed by atoms with Crippen molar-refractivity contribution in [2.45, 2.75) is 17.7 Å². The molecule has 1 atom stereocenters. The molecule has 1 aliphatic heterocycles. The van der Waals surface area contributed by atoms with E-state index < -0.39 is 9.75 Å². The molecule has 0 aromatic heterocycles.